The van der Waals surface area contributed by atoms with Crippen LogP contribution < -0.4 is 0 Å². The van der Waals surface area contributed by atoms with Crippen LogP contribution in [0.5, 0.6) is 5.75 Å². The van der Waals surface area contributed by atoms with Gasteiger partial charge in [0.1, 0.15) is 5.75 Å². The molecule has 2 rings (SSSR count). The Balaban J connectivity index is 2.54. The summed E-state index contributed by atoms with van der Waals surface area (Å²) in [5, 5.41) is 18.7. The van der Waals surface area contributed by atoms with Gasteiger partial charge in [-0.05, 0) is 30.7 Å². The number of hydrogen-bond acceptors (Lipinski definition) is 2. The fraction of sp³-hybridized carbons (Fsp3) is 0.0714. The van der Waals surface area contributed by atoms with Crippen LogP contribution in [0, 0.1) is 6.92 Å². The molecule has 2 N–H and O–H groups in total. The van der Waals surface area contributed by atoms with Crippen molar-refractivity contribution < 1.29 is 15.0 Å². The fourth-order valence-corrected chi connectivity index (χ4v) is 1.63. The second-order valence-electron chi connectivity index (χ2n) is 3.90. The van der Waals surface area contributed by atoms with Crippen LogP contribution in [0.15, 0.2) is 42.5 Å². The molecule has 3 heteroatoms. The molecule has 0 atom stereocenters. The Labute approximate surface area is 99.0 Å². The van der Waals surface area contributed by atoms with Gasteiger partial charge in [-0.2, -0.15) is 0 Å². The summed E-state index contributed by atoms with van der Waals surface area (Å²) in [4.78, 5) is 10.9. The zero-order valence-electron chi connectivity index (χ0n) is 9.34. The summed E-state index contributed by atoms with van der Waals surface area (Å²) in [5.74, 6) is -0.919. The summed E-state index contributed by atoms with van der Waals surface area (Å²) in [6.07, 6.45) is 0. The number of aryl methyl sites for hydroxylation is 1. The Kier molecular flexibility index (Phi) is 2.83. The highest BCUT2D eigenvalue weighted by molar-refractivity contribution is 5.90. The standard InChI is InChI=1S/C14H12O3/c1-9-2-4-10(5-3-9)12-8-11(14(16)17)6-7-13(12)15/h2-8,15H,1H3,(H,16,17). The average Bonchev–Trinajstić information content (AvgIpc) is 2.31. The van der Waals surface area contributed by atoms with Crippen molar-refractivity contribution in [1.82, 2.24) is 0 Å². The van der Waals surface area contributed by atoms with E-state index in [1.165, 1.54) is 18.2 Å². The van der Waals surface area contributed by atoms with Gasteiger partial charge in [0.05, 0.1) is 5.56 Å². The molecule has 0 radical (unpaired) electrons. The third-order valence-electron chi connectivity index (χ3n) is 2.61. The molecule has 0 aromatic heterocycles. The molecule has 0 saturated carbocycles. The van der Waals surface area contributed by atoms with Crippen LogP contribution >= 0.6 is 0 Å². The molecule has 0 saturated heterocycles. The van der Waals surface area contributed by atoms with E-state index in [-0.39, 0.29) is 11.3 Å². The van der Waals surface area contributed by atoms with E-state index >= 15 is 0 Å². The molecule has 2 aromatic carbocycles. The van der Waals surface area contributed by atoms with Crippen LogP contribution in [0.3, 0.4) is 0 Å². The molecular formula is C14H12O3. The van der Waals surface area contributed by atoms with Gasteiger partial charge >= 0.3 is 5.97 Å². The number of aromatic carboxylic acids is 1. The summed E-state index contributed by atoms with van der Waals surface area (Å²) in [5.41, 5.74) is 2.61. The van der Waals surface area contributed by atoms with Crippen LogP contribution in [-0.4, -0.2) is 16.2 Å². The highest BCUT2D eigenvalue weighted by Crippen LogP contribution is 2.30. The lowest BCUT2D eigenvalue weighted by Crippen LogP contribution is -1.96. The normalized spacial score (nSPS) is 10.2. The maximum Gasteiger partial charge on any atom is 0.335 e. The molecule has 0 aliphatic carbocycles. The van der Waals surface area contributed by atoms with Crippen molar-refractivity contribution in [1.29, 1.82) is 0 Å². The first kappa shape index (κ1) is 11.2. The summed E-state index contributed by atoms with van der Waals surface area (Å²) in [6.45, 7) is 1.97. The lowest BCUT2D eigenvalue weighted by molar-refractivity contribution is 0.0697. The molecule has 0 bridgehead atoms. The smallest absolute Gasteiger partial charge is 0.335 e. The molecule has 17 heavy (non-hydrogen) atoms. The van der Waals surface area contributed by atoms with E-state index in [4.69, 9.17) is 5.11 Å². The topological polar surface area (TPSA) is 57.5 Å². The highest BCUT2D eigenvalue weighted by Gasteiger charge is 2.09. The molecule has 0 unspecified atom stereocenters. The minimum absolute atomic E-state index is 0.0823. The Morgan fingerprint density at radius 3 is 2.29 bits per heavy atom. The van der Waals surface area contributed by atoms with Crippen LogP contribution in [-0.2, 0) is 0 Å². The zero-order valence-corrected chi connectivity index (χ0v) is 9.34. The van der Waals surface area contributed by atoms with Gasteiger partial charge in [0.2, 0.25) is 0 Å². The van der Waals surface area contributed by atoms with E-state index in [1.54, 1.807) is 0 Å². The predicted molar refractivity (Wildman–Crippen MR) is 65.2 cm³/mol. The van der Waals surface area contributed by atoms with E-state index in [1.807, 2.05) is 31.2 Å². The van der Waals surface area contributed by atoms with Gasteiger partial charge in [-0.15, -0.1) is 0 Å². The van der Waals surface area contributed by atoms with Crippen LogP contribution in [0.4, 0.5) is 0 Å². The minimum atomic E-state index is -1.00. The molecule has 0 aliphatic rings. The van der Waals surface area contributed by atoms with Gasteiger partial charge in [0.25, 0.3) is 0 Å². The van der Waals surface area contributed by atoms with Crippen molar-refractivity contribution in [2.24, 2.45) is 0 Å². The highest BCUT2D eigenvalue weighted by atomic mass is 16.4. The number of rotatable bonds is 2. The number of hydrogen-bond donors (Lipinski definition) is 2. The molecule has 86 valence electrons. The van der Waals surface area contributed by atoms with Crippen LogP contribution in [0.2, 0.25) is 0 Å². The van der Waals surface area contributed by atoms with Gasteiger partial charge in [-0.25, -0.2) is 4.79 Å². The van der Waals surface area contributed by atoms with E-state index in [0.29, 0.717) is 5.56 Å². The number of phenolic OH excluding ortho intramolecular Hbond substituents is 1. The molecule has 2 aromatic rings. The first-order valence-corrected chi connectivity index (χ1v) is 5.21. The molecule has 0 spiro atoms. The van der Waals surface area contributed by atoms with E-state index in [2.05, 4.69) is 0 Å². The largest absolute Gasteiger partial charge is 0.507 e. The third-order valence-corrected chi connectivity index (χ3v) is 2.61. The predicted octanol–water partition coefficient (Wildman–Crippen LogP) is 3.07. The molecule has 0 aliphatic heterocycles. The number of carboxylic acid groups (broad SMARTS) is 1. The molecule has 3 nitrogen and oxygen atoms in total. The second-order valence-corrected chi connectivity index (χ2v) is 3.90. The minimum Gasteiger partial charge on any atom is -0.507 e. The monoisotopic (exact) mass is 228 g/mol. The van der Waals surface area contributed by atoms with Crippen molar-refractivity contribution in [3.8, 4) is 16.9 Å². The Morgan fingerprint density at radius 2 is 1.71 bits per heavy atom. The van der Waals surface area contributed by atoms with Crippen LogP contribution in [0.25, 0.3) is 11.1 Å². The first-order chi connectivity index (χ1) is 8.08. The second kappa shape index (κ2) is 4.29. The third kappa shape index (κ3) is 2.28. The SMILES string of the molecule is Cc1ccc(-c2cc(C(=O)O)ccc2O)cc1. The van der Waals surface area contributed by atoms with Gasteiger partial charge < -0.3 is 10.2 Å². The van der Waals surface area contributed by atoms with Gasteiger partial charge in [0, 0.05) is 5.56 Å². The average molecular weight is 228 g/mol. The number of carboxylic acids is 1. The summed E-state index contributed by atoms with van der Waals surface area (Å²) < 4.78 is 0. The fourth-order valence-electron chi connectivity index (χ4n) is 1.63. The van der Waals surface area contributed by atoms with Crippen molar-refractivity contribution >= 4 is 5.97 Å². The van der Waals surface area contributed by atoms with Gasteiger partial charge in [0.15, 0.2) is 0 Å². The summed E-state index contributed by atoms with van der Waals surface area (Å²) in [7, 11) is 0. The molecule has 0 fully saturated rings. The summed E-state index contributed by atoms with van der Waals surface area (Å²) >= 11 is 0. The van der Waals surface area contributed by atoms with E-state index in [9.17, 15) is 9.90 Å². The molecule has 0 heterocycles. The quantitative estimate of drug-likeness (QED) is 0.830. The molecule has 0 amide bonds. The van der Waals surface area contributed by atoms with Gasteiger partial charge in [-0.3, -0.25) is 0 Å². The van der Waals surface area contributed by atoms with Crippen molar-refractivity contribution in [2.75, 3.05) is 0 Å². The number of aromatic hydroxyl groups is 1. The number of carbonyl (C=O) groups is 1. The first-order valence-electron chi connectivity index (χ1n) is 5.21. The van der Waals surface area contributed by atoms with E-state index < -0.39 is 5.97 Å². The zero-order chi connectivity index (χ0) is 12.4. The molecular weight excluding hydrogens is 216 g/mol. The van der Waals surface area contributed by atoms with Crippen molar-refractivity contribution in [3.05, 3.63) is 53.6 Å². The van der Waals surface area contributed by atoms with E-state index in [0.717, 1.165) is 11.1 Å². The van der Waals surface area contributed by atoms with Crippen LogP contribution in [0.1, 0.15) is 15.9 Å². The summed E-state index contributed by atoms with van der Waals surface area (Å²) in [6, 6.07) is 11.8. The van der Waals surface area contributed by atoms with Gasteiger partial charge in [-0.1, -0.05) is 29.8 Å². The maximum absolute atomic E-state index is 10.9. The number of phenols is 1. The Hall–Kier alpha value is -2.29. The maximum atomic E-state index is 10.9. The lowest BCUT2D eigenvalue weighted by atomic mass is 10.0. The lowest BCUT2D eigenvalue weighted by Gasteiger charge is -2.06. The Bertz CT molecular complexity index is 556. The Morgan fingerprint density at radius 1 is 1.06 bits per heavy atom. The number of benzene rings is 2. The van der Waals surface area contributed by atoms with Crippen molar-refractivity contribution in [3.63, 3.8) is 0 Å². The van der Waals surface area contributed by atoms with Crippen molar-refractivity contribution in [2.45, 2.75) is 6.92 Å².